The number of hydroxylamine groups is 2. The summed E-state index contributed by atoms with van der Waals surface area (Å²) in [5.41, 5.74) is 0.701. The average molecular weight is 553 g/mol. The maximum atomic E-state index is 13.7. The third kappa shape index (κ3) is 5.59. The number of halogens is 3. The lowest BCUT2D eigenvalue weighted by Gasteiger charge is -2.47. The minimum Gasteiger partial charge on any atom is -0.364 e. The summed E-state index contributed by atoms with van der Waals surface area (Å²) in [5.74, 6) is -2.37. The average Bonchev–Trinajstić information content (AvgIpc) is 3.28. The van der Waals surface area contributed by atoms with Gasteiger partial charge in [-0.05, 0) is 49.8 Å². The van der Waals surface area contributed by atoms with Gasteiger partial charge >= 0.3 is 12.1 Å². The van der Waals surface area contributed by atoms with Crippen LogP contribution in [0.1, 0.15) is 38.1 Å². The molecule has 1 aromatic heterocycles. The van der Waals surface area contributed by atoms with Gasteiger partial charge in [-0.2, -0.15) is 18.2 Å². The molecular formula is C25H31F3N6O3S. The van der Waals surface area contributed by atoms with E-state index in [1.807, 2.05) is 23.1 Å². The minimum absolute atomic E-state index is 0.00925. The molecular weight excluding hydrogens is 521 g/mol. The lowest BCUT2D eigenvalue weighted by molar-refractivity contribution is -0.254. The number of hydrogen-bond donors (Lipinski definition) is 3. The topological polar surface area (TPSA) is 98.8 Å². The molecule has 3 aliphatic rings. The fourth-order valence-electron chi connectivity index (χ4n) is 5.46. The number of piperidine rings is 2. The quantitative estimate of drug-likeness (QED) is 0.521. The van der Waals surface area contributed by atoms with Crippen LogP contribution >= 0.6 is 11.3 Å². The molecule has 206 valence electrons. The molecule has 1 amide bonds. The first-order valence-electron chi connectivity index (χ1n) is 12.8. The summed E-state index contributed by atoms with van der Waals surface area (Å²) in [4.78, 5) is 37.4. The summed E-state index contributed by atoms with van der Waals surface area (Å²) >= 11 is 1.25. The number of hydrogen-bond acceptors (Lipinski definition) is 9. The van der Waals surface area contributed by atoms with Gasteiger partial charge in [0.25, 0.3) is 5.91 Å². The van der Waals surface area contributed by atoms with Crippen LogP contribution in [0.3, 0.4) is 0 Å². The Bertz CT molecular complexity index is 1190. The molecule has 4 heterocycles. The molecule has 3 unspecified atom stereocenters. The van der Waals surface area contributed by atoms with Crippen molar-refractivity contribution in [3.05, 3.63) is 35.1 Å². The van der Waals surface area contributed by atoms with E-state index in [1.54, 1.807) is 6.07 Å². The number of carbonyl (C=O) groups is 2. The fraction of sp³-hybridized carbons (Fsp3) is 0.560. The van der Waals surface area contributed by atoms with Gasteiger partial charge < -0.3 is 20.8 Å². The first-order valence-corrected chi connectivity index (χ1v) is 13.6. The van der Waals surface area contributed by atoms with E-state index < -0.39 is 24.3 Å². The number of benzene rings is 1. The van der Waals surface area contributed by atoms with Crippen LogP contribution in [0.5, 0.6) is 0 Å². The zero-order valence-electron chi connectivity index (χ0n) is 21.2. The molecule has 2 saturated heterocycles. The van der Waals surface area contributed by atoms with Gasteiger partial charge in [-0.15, -0.1) is 11.3 Å². The zero-order chi connectivity index (χ0) is 27.0. The lowest BCUT2D eigenvalue weighted by Crippen LogP contribution is -2.66. The van der Waals surface area contributed by atoms with Gasteiger partial charge in [-0.3, -0.25) is 9.69 Å². The molecule has 0 radical (unpaired) electrons. The SMILES string of the molecule is CC1CC(C)CN(C2NC(=O)C(c3nc4ccccc4s3)=C(N[C@@H]3CCCNC3)N2OC(=O)C(F)(F)F)C1. The number of aromatic nitrogens is 1. The standard InChI is InChI=1S/C25H31F3N6O3S/c1-14-10-15(2)13-33(12-14)24-32-21(35)19(22-31-17-7-3-4-8-18(17)38-22)20(30-16-6-5-9-29-11-16)34(24)37-23(36)25(26,27)28/h3-4,7-8,14-16,24,29-30H,5-6,9-13H2,1-2H3,(H,32,35)/t14?,15?,16-,24?/m1/s1. The van der Waals surface area contributed by atoms with Crippen molar-refractivity contribution in [2.24, 2.45) is 11.8 Å². The zero-order valence-corrected chi connectivity index (χ0v) is 22.0. The number of fused-ring (bicyclic) bond motifs is 1. The summed E-state index contributed by atoms with van der Waals surface area (Å²) < 4.78 is 41.2. The summed E-state index contributed by atoms with van der Waals surface area (Å²) in [5, 5.41) is 10.6. The third-order valence-corrected chi connectivity index (χ3v) is 8.02. The number of likely N-dealkylation sites (tertiary alicyclic amines) is 1. The predicted molar refractivity (Wildman–Crippen MR) is 136 cm³/mol. The van der Waals surface area contributed by atoms with Gasteiger partial charge in [-0.25, -0.2) is 9.78 Å². The van der Waals surface area contributed by atoms with Crippen LogP contribution in [0.15, 0.2) is 30.1 Å². The molecule has 3 N–H and O–H groups in total. The summed E-state index contributed by atoms with van der Waals surface area (Å²) in [7, 11) is 0. The second kappa shape index (κ2) is 10.7. The van der Waals surface area contributed by atoms with Crippen molar-refractivity contribution >= 4 is 39.0 Å². The van der Waals surface area contributed by atoms with Crippen molar-refractivity contribution < 1.29 is 27.6 Å². The molecule has 0 bridgehead atoms. The van der Waals surface area contributed by atoms with Crippen LogP contribution in [0.25, 0.3) is 15.8 Å². The monoisotopic (exact) mass is 552 g/mol. The van der Waals surface area contributed by atoms with E-state index in [9.17, 15) is 22.8 Å². The Morgan fingerprint density at radius 3 is 2.61 bits per heavy atom. The van der Waals surface area contributed by atoms with Crippen molar-refractivity contribution in [3.8, 4) is 0 Å². The first-order chi connectivity index (χ1) is 18.1. The Morgan fingerprint density at radius 2 is 1.95 bits per heavy atom. The van der Waals surface area contributed by atoms with Gasteiger partial charge in [0.05, 0.1) is 10.2 Å². The van der Waals surface area contributed by atoms with E-state index in [-0.39, 0.29) is 29.3 Å². The molecule has 0 aliphatic carbocycles. The highest BCUT2D eigenvalue weighted by Crippen LogP contribution is 2.35. The maximum Gasteiger partial charge on any atom is 0.493 e. The fourth-order valence-corrected chi connectivity index (χ4v) is 6.47. The van der Waals surface area contributed by atoms with Crippen molar-refractivity contribution in [1.82, 2.24) is 30.9 Å². The van der Waals surface area contributed by atoms with Gasteiger partial charge in [0.15, 0.2) is 12.1 Å². The number of rotatable bonds is 5. The van der Waals surface area contributed by atoms with Crippen molar-refractivity contribution in [3.63, 3.8) is 0 Å². The molecule has 2 fully saturated rings. The van der Waals surface area contributed by atoms with Crippen molar-refractivity contribution in [2.45, 2.75) is 51.6 Å². The highest BCUT2D eigenvalue weighted by atomic mass is 32.1. The Balaban J connectivity index is 1.63. The lowest BCUT2D eigenvalue weighted by atomic mass is 9.92. The Kier molecular flexibility index (Phi) is 7.51. The van der Waals surface area contributed by atoms with Crippen LogP contribution in [-0.4, -0.2) is 71.5 Å². The van der Waals surface area contributed by atoms with E-state index >= 15 is 0 Å². The highest BCUT2D eigenvalue weighted by molar-refractivity contribution is 7.19. The van der Waals surface area contributed by atoms with Crippen LogP contribution in [0.4, 0.5) is 13.2 Å². The summed E-state index contributed by atoms with van der Waals surface area (Å²) in [6.45, 7) is 6.50. The van der Waals surface area contributed by atoms with Gasteiger partial charge in [0.2, 0.25) is 0 Å². The van der Waals surface area contributed by atoms with E-state index in [4.69, 9.17) is 4.84 Å². The predicted octanol–water partition coefficient (Wildman–Crippen LogP) is 3.02. The largest absolute Gasteiger partial charge is 0.493 e. The molecule has 13 heteroatoms. The van der Waals surface area contributed by atoms with E-state index in [2.05, 4.69) is 34.8 Å². The number of para-hydroxylation sites is 1. The third-order valence-electron chi connectivity index (χ3n) is 6.97. The van der Waals surface area contributed by atoms with Crippen LogP contribution in [0, 0.1) is 11.8 Å². The number of nitrogens with zero attached hydrogens (tertiary/aromatic N) is 3. The number of amides is 1. The van der Waals surface area contributed by atoms with Gasteiger partial charge in [0, 0.05) is 25.7 Å². The van der Waals surface area contributed by atoms with Gasteiger partial charge in [0.1, 0.15) is 10.6 Å². The normalized spacial score (nSPS) is 27.4. The Morgan fingerprint density at radius 1 is 1.21 bits per heavy atom. The van der Waals surface area contributed by atoms with Crippen molar-refractivity contribution in [2.75, 3.05) is 26.2 Å². The Labute approximate surface area is 222 Å². The number of nitrogens with one attached hydrogen (secondary N) is 3. The van der Waals surface area contributed by atoms with E-state index in [0.717, 1.165) is 35.6 Å². The number of carbonyl (C=O) groups excluding carboxylic acids is 2. The van der Waals surface area contributed by atoms with E-state index in [0.29, 0.717) is 30.2 Å². The summed E-state index contributed by atoms with van der Waals surface area (Å²) in [6.07, 6.45) is -3.81. The van der Waals surface area contributed by atoms with Crippen LogP contribution in [0.2, 0.25) is 0 Å². The number of alkyl halides is 3. The van der Waals surface area contributed by atoms with Crippen LogP contribution < -0.4 is 16.0 Å². The second-order valence-electron chi connectivity index (χ2n) is 10.3. The molecule has 5 rings (SSSR count). The molecule has 4 atom stereocenters. The second-order valence-corrected chi connectivity index (χ2v) is 11.4. The van der Waals surface area contributed by atoms with Gasteiger partial charge in [-0.1, -0.05) is 26.0 Å². The minimum atomic E-state index is -5.22. The number of thiazole rings is 1. The van der Waals surface area contributed by atoms with Crippen molar-refractivity contribution in [1.29, 1.82) is 0 Å². The molecule has 38 heavy (non-hydrogen) atoms. The smallest absolute Gasteiger partial charge is 0.364 e. The molecule has 9 nitrogen and oxygen atoms in total. The Hall–Kier alpha value is -2.90. The summed E-state index contributed by atoms with van der Waals surface area (Å²) in [6, 6.07) is 7.13. The van der Waals surface area contributed by atoms with Crippen LogP contribution in [-0.2, 0) is 14.4 Å². The molecule has 3 aliphatic heterocycles. The molecule has 1 aromatic carbocycles. The molecule has 2 aromatic rings. The van der Waals surface area contributed by atoms with E-state index in [1.165, 1.54) is 11.3 Å². The highest BCUT2D eigenvalue weighted by Gasteiger charge is 2.48. The maximum absolute atomic E-state index is 13.7. The first kappa shape index (κ1) is 26.7. The molecule has 0 spiro atoms. The molecule has 0 saturated carbocycles.